The molecule has 0 radical (unpaired) electrons. The van der Waals surface area contributed by atoms with Crippen LogP contribution in [0.2, 0.25) is 0 Å². The van der Waals surface area contributed by atoms with Crippen molar-refractivity contribution >= 4 is 28.3 Å². The smallest absolute Gasteiger partial charge is 0.319 e. The number of rotatable bonds is 17. The lowest BCUT2D eigenvalue weighted by atomic mass is 9.77. The summed E-state index contributed by atoms with van der Waals surface area (Å²) in [5, 5.41) is 67.3. The standard InChI is InChI=1S/C45H82N4O13S/c1-14-34-45(10,56)39(52)30(6)49(20-16-19-46-43(54)47-35-17-15-22-63-35)25-26(2)24-44(9,55)40(62-42-37(51)33(48(11)12)23-27(3)58-42)28(4)38(29(5)41(53)60-34)61-36(18-21-57-13)59-32(8)31(7)50/h15,17,22,26-34,36-40,42,50-52,55-56H,14,16,18-21,23-25H2,1-13H3,(H2,46,47,54)/t26-,27-,28+,29-,30-,31-,32+,33+,34-,36+,37-,38+,39-,40-,42+,44-,45-/m1/s1. The van der Waals surface area contributed by atoms with E-state index in [0.717, 1.165) is 5.00 Å². The van der Waals surface area contributed by atoms with Gasteiger partial charge in [-0.25, -0.2) is 4.79 Å². The van der Waals surface area contributed by atoms with Gasteiger partial charge in [-0.05, 0) is 112 Å². The molecule has 2 aliphatic heterocycles. The van der Waals surface area contributed by atoms with Gasteiger partial charge < -0.3 is 64.2 Å². The number of thiophene rings is 1. The summed E-state index contributed by atoms with van der Waals surface area (Å²) in [6.07, 6.45) is -8.20. The van der Waals surface area contributed by atoms with Crippen LogP contribution in [0.3, 0.4) is 0 Å². The second-order valence-electron chi connectivity index (χ2n) is 18.8. The molecule has 18 heteroatoms. The minimum Gasteiger partial charge on any atom is -0.459 e. The molecule has 17 nitrogen and oxygen atoms in total. The van der Waals surface area contributed by atoms with Crippen LogP contribution in [0.4, 0.5) is 9.80 Å². The van der Waals surface area contributed by atoms with Crippen molar-refractivity contribution in [2.45, 2.75) is 186 Å². The number of esters is 1. The third kappa shape index (κ3) is 15.8. The van der Waals surface area contributed by atoms with E-state index >= 15 is 0 Å². The van der Waals surface area contributed by atoms with Crippen molar-refractivity contribution in [3.8, 4) is 0 Å². The molecule has 0 aromatic carbocycles. The van der Waals surface area contributed by atoms with Crippen LogP contribution in [0, 0.1) is 17.8 Å². The lowest BCUT2D eigenvalue weighted by Crippen LogP contribution is -2.59. The van der Waals surface area contributed by atoms with Crippen LogP contribution in [0.1, 0.15) is 101 Å². The maximum absolute atomic E-state index is 14.5. The molecule has 3 rings (SSSR count). The fourth-order valence-corrected chi connectivity index (χ4v) is 9.64. The average molecular weight is 919 g/mol. The Kier molecular flexibility index (Phi) is 22.1. The second kappa shape index (κ2) is 25.2. The van der Waals surface area contributed by atoms with Gasteiger partial charge in [0.1, 0.15) is 23.9 Å². The maximum Gasteiger partial charge on any atom is 0.319 e. The number of methoxy groups -OCH3 is 1. The first-order valence-electron chi connectivity index (χ1n) is 22.7. The number of ether oxygens (including phenoxy) is 6. The molecule has 0 bridgehead atoms. The minimum absolute atomic E-state index is 0.153. The number of hydrogen-bond acceptors (Lipinski definition) is 16. The van der Waals surface area contributed by atoms with Crippen molar-refractivity contribution in [1.82, 2.24) is 15.1 Å². The molecule has 0 unspecified atom stereocenters. The SMILES string of the molecule is CC[C@H]1OC(=O)[C@H](C)[C@@H](O[C@@H](CCOC)O[C@@H](C)[C@@H](C)O)[C@H](C)[C@@H](O[C@@H]2O[C@H](C)C[C@H](N(C)C)[C@H]2O)[C@](C)(O)C[C@@H](C)CN(CCCNC(=O)Nc2cccs2)[C@H](C)[C@@H](O)[C@]1(C)O. The van der Waals surface area contributed by atoms with Gasteiger partial charge in [0.25, 0.3) is 0 Å². The summed E-state index contributed by atoms with van der Waals surface area (Å²) in [6, 6.07) is 2.33. The van der Waals surface area contributed by atoms with E-state index < -0.39 is 90.4 Å². The first-order chi connectivity index (χ1) is 29.4. The van der Waals surface area contributed by atoms with Gasteiger partial charge >= 0.3 is 12.0 Å². The van der Waals surface area contributed by atoms with Crippen molar-refractivity contribution in [3.05, 3.63) is 17.5 Å². The van der Waals surface area contributed by atoms with Gasteiger partial charge in [-0.1, -0.05) is 20.8 Å². The molecule has 0 spiro atoms. The Morgan fingerprint density at radius 2 is 1.81 bits per heavy atom. The Bertz CT molecular complexity index is 1490. The highest BCUT2D eigenvalue weighted by Crippen LogP contribution is 2.38. The second-order valence-corrected chi connectivity index (χ2v) is 19.7. The quantitative estimate of drug-likeness (QED) is 0.0672. The van der Waals surface area contributed by atoms with Crippen LogP contribution in [-0.2, 0) is 33.2 Å². The summed E-state index contributed by atoms with van der Waals surface area (Å²) in [4.78, 5) is 31.0. The summed E-state index contributed by atoms with van der Waals surface area (Å²) in [6.45, 7) is 18.6. The highest BCUT2D eigenvalue weighted by Gasteiger charge is 2.51. The van der Waals surface area contributed by atoms with Gasteiger partial charge in [-0.3, -0.25) is 15.0 Å². The summed E-state index contributed by atoms with van der Waals surface area (Å²) in [7, 11) is 5.29. The third-order valence-corrected chi connectivity index (χ3v) is 13.6. The molecule has 2 saturated heterocycles. The van der Waals surface area contributed by atoms with E-state index in [0.29, 0.717) is 32.5 Å². The van der Waals surface area contributed by atoms with Crippen molar-refractivity contribution in [3.63, 3.8) is 0 Å². The number of likely N-dealkylation sites (N-methyl/N-ethyl adjacent to an activating group) is 1. The number of cyclic esters (lactones) is 1. The summed E-state index contributed by atoms with van der Waals surface area (Å²) < 4.78 is 37.5. The predicted octanol–water partition coefficient (Wildman–Crippen LogP) is 3.79. The van der Waals surface area contributed by atoms with Crippen molar-refractivity contribution in [1.29, 1.82) is 0 Å². The lowest BCUT2D eigenvalue weighted by molar-refractivity contribution is -0.306. The predicted molar refractivity (Wildman–Crippen MR) is 241 cm³/mol. The molecule has 0 saturated carbocycles. The molecular formula is C45H82N4O13S. The third-order valence-electron chi connectivity index (χ3n) is 12.8. The lowest BCUT2D eigenvalue weighted by Gasteiger charge is -2.47. The molecule has 2 amide bonds. The fourth-order valence-electron chi connectivity index (χ4n) is 9.03. The molecule has 2 aliphatic rings. The molecule has 2 fully saturated rings. The highest BCUT2D eigenvalue weighted by molar-refractivity contribution is 7.14. The fraction of sp³-hybridized carbons (Fsp3) is 0.867. The van der Waals surface area contributed by atoms with Gasteiger partial charge in [0, 0.05) is 51.2 Å². The van der Waals surface area contributed by atoms with Gasteiger partial charge in [0.2, 0.25) is 0 Å². The molecule has 0 aliphatic carbocycles. The van der Waals surface area contributed by atoms with Crippen molar-refractivity contribution in [2.24, 2.45) is 17.8 Å². The zero-order valence-electron chi connectivity index (χ0n) is 40.1. The monoisotopic (exact) mass is 919 g/mol. The van der Waals surface area contributed by atoms with Gasteiger partial charge in [-0.2, -0.15) is 0 Å². The number of carbonyl (C=O) groups is 2. The Morgan fingerprint density at radius 3 is 2.40 bits per heavy atom. The van der Waals surface area contributed by atoms with Crippen LogP contribution in [0.25, 0.3) is 0 Å². The summed E-state index contributed by atoms with van der Waals surface area (Å²) in [5.41, 5.74) is -3.56. The van der Waals surface area contributed by atoms with Crippen LogP contribution in [-0.4, -0.2) is 179 Å². The molecule has 63 heavy (non-hydrogen) atoms. The molecule has 1 aromatic heterocycles. The van der Waals surface area contributed by atoms with E-state index in [9.17, 15) is 35.1 Å². The van der Waals surface area contributed by atoms with Crippen LogP contribution in [0.15, 0.2) is 17.5 Å². The van der Waals surface area contributed by atoms with Gasteiger partial charge in [0.15, 0.2) is 12.6 Å². The Balaban J connectivity index is 2.12. The average Bonchev–Trinajstić information content (AvgIpc) is 3.72. The van der Waals surface area contributed by atoms with E-state index in [2.05, 4.69) is 10.6 Å². The zero-order chi connectivity index (χ0) is 47.4. The van der Waals surface area contributed by atoms with E-state index in [1.54, 1.807) is 48.5 Å². The Morgan fingerprint density at radius 1 is 1.13 bits per heavy atom. The van der Waals surface area contributed by atoms with E-state index in [4.69, 9.17) is 28.4 Å². The number of hydrogen-bond donors (Lipinski definition) is 7. The minimum atomic E-state index is -1.91. The molecule has 7 N–H and O–H groups in total. The first kappa shape index (κ1) is 55.3. The number of amides is 2. The number of aliphatic hydroxyl groups is 5. The van der Waals surface area contributed by atoms with Gasteiger partial charge in [-0.15, -0.1) is 11.3 Å². The van der Waals surface area contributed by atoms with E-state index in [1.165, 1.54) is 25.4 Å². The normalized spacial score (nSPS) is 37.0. The molecule has 1 aromatic rings. The van der Waals surface area contributed by atoms with Crippen LogP contribution >= 0.6 is 11.3 Å². The van der Waals surface area contributed by atoms with E-state index in [1.807, 2.05) is 55.3 Å². The number of urea groups is 1. The topological polar surface area (TPSA) is 221 Å². The first-order valence-corrected chi connectivity index (χ1v) is 23.6. The number of carbonyl (C=O) groups excluding carboxylic acids is 2. The number of anilines is 1. The molecule has 17 atom stereocenters. The maximum atomic E-state index is 14.5. The number of nitrogens with one attached hydrogen (secondary N) is 2. The van der Waals surface area contributed by atoms with E-state index in [-0.39, 0.29) is 50.0 Å². The highest BCUT2D eigenvalue weighted by atomic mass is 32.1. The molecular weight excluding hydrogens is 837 g/mol. The Labute approximate surface area is 380 Å². The van der Waals surface area contributed by atoms with Crippen molar-refractivity contribution < 1.29 is 63.5 Å². The summed E-state index contributed by atoms with van der Waals surface area (Å²) in [5.74, 6) is -2.86. The summed E-state index contributed by atoms with van der Waals surface area (Å²) >= 11 is 1.41. The van der Waals surface area contributed by atoms with Gasteiger partial charge in [0.05, 0.1) is 53.6 Å². The Hall–Kier alpha value is -2.04. The molecule has 366 valence electrons. The van der Waals surface area contributed by atoms with Crippen molar-refractivity contribution in [2.75, 3.05) is 52.8 Å². The van der Waals surface area contributed by atoms with Crippen LogP contribution in [0.5, 0.6) is 0 Å². The largest absolute Gasteiger partial charge is 0.459 e. The zero-order valence-corrected chi connectivity index (χ0v) is 40.9. The molecule has 3 heterocycles. The number of nitrogens with zero attached hydrogens (tertiary/aromatic N) is 2. The van der Waals surface area contributed by atoms with Crippen LogP contribution < -0.4 is 10.6 Å². The number of aliphatic hydroxyl groups excluding tert-OH is 3.